The Morgan fingerprint density at radius 3 is 2.25 bits per heavy atom. The van der Waals surface area contributed by atoms with Gasteiger partial charge in [0.2, 0.25) is 0 Å². The van der Waals surface area contributed by atoms with Gasteiger partial charge in [-0.3, -0.25) is 9.69 Å². The molecule has 1 amide bonds. The highest BCUT2D eigenvalue weighted by atomic mass is 19.1. The zero-order valence-electron chi connectivity index (χ0n) is 20.6. The molecule has 3 aromatic rings. The van der Waals surface area contributed by atoms with Crippen molar-refractivity contribution < 1.29 is 18.7 Å². The Morgan fingerprint density at radius 2 is 1.56 bits per heavy atom. The third-order valence-corrected chi connectivity index (χ3v) is 7.03. The molecule has 3 aromatic carbocycles. The Balaban J connectivity index is 1.12. The van der Waals surface area contributed by atoms with Crippen LogP contribution in [0.5, 0.6) is 5.75 Å². The van der Waals surface area contributed by atoms with Crippen molar-refractivity contribution in [2.45, 2.75) is 19.4 Å². The molecule has 2 fully saturated rings. The third-order valence-electron chi connectivity index (χ3n) is 7.03. The molecule has 0 aromatic heterocycles. The minimum atomic E-state index is -0.255. The van der Waals surface area contributed by atoms with Gasteiger partial charge in [0.05, 0.1) is 19.8 Å². The fourth-order valence-electron chi connectivity index (χ4n) is 4.94. The van der Waals surface area contributed by atoms with Crippen LogP contribution in [0.3, 0.4) is 0 Å². The predicted molar refractivity (Wildman–Crippen MR) is 138 cm³/mol. The van der Waals surface area contributed by atoms with E-state index in [-0.39, 0.29) is 11.7 Å². The third kappa shape index (κ3) is 6.31. The summed E-state index contributed by atoms with van der Waals surface area (Å²) >= 11 is 0. The SMILES string of the molecule is O=C(c1ccc(-c2ccc(F)cc2)cc1)N1CCCC(COc2ccc(CN3CCOCC3)cc2)C1. The summed E-state index contributed by atoms with van der Waals surface area (Å²) in [6.07, 6.45) is 2.04. The zero-order valence-corrected chi connectivity index (χ0v) is 20.6. The van der Waals surface area contributed by atoms with Crippen LogP contribution in [-0.2, 0) is 11.3 Å². The van der Waals surface area contributed by atoms with E-state index in [9.17, 15) is 9.18 Å². The van der Waals surface area contributed by atoms with Gasteiger partial charge in [0, 0.05) is 44.2 Å². The minimum Gasteiger partial charge on any atom is -0.493 e. The molecule has 0 spiro atoms. The number of ether oxygens (including phenoxy) is 2. The van der Waals surface area contributed by atoms with Gasteiger partial charge in [-0.2, -0.15) is 0 Å². The van der Waals surface area contributed by atoms with E-state index >= 15 is 0 Å². The van der Waals surface area contributed by atoms with Crippen molar-refractivity contribution in [3.05, 3.63) is 89.7 Å². The maximum atomic E-state index is 13.2. The number of morpholine rings is 1. The number of amides is 1. The molecular weight excluding hydrogens is 455 g/mol. The van der Waals surface area contributed by atoms with E-state index in [0.29, 0.717) is 24.6 Å². The van der Waals surface area contributed by atoms with E-state index in [2.05, 4.69) is 17.0 Å². The Kier molecular flexibility index (Phi) is 7.94. The number of nitrogens with zero attached hydrogens (tertiary/aromatic N) is 2. The van der Waals surface area contributed by atoms with Crippen molar-refractivity contribution in [1.82, 2.24) is 9.80 Å². The molecule has 1 atom stereocenters. The van der Waals surface area contributed by atoms with Crippen molar-refractivity contribution in [2.24, 2.45) is 5.92 Å². The van der Waals surface area contributed by atoms with Crippen LogP contribution in [-0.4, -0.2) is 61.7 Å². The summed E-state index contributed by atoms with van der Waals surface area (Å²) < 4.78 is 24.7. The van der Waals surface area contributed by atoms with Gasteiger partial charge in [0.1, 0.15) is 11.6 Å². The largest absolute Gasteiger partial charge is 0.493 e. The van der Waals surface area contributed by atoms with Gasteiger partial charge >= 0.3 is 0 Å². The number of carbonyl (C=O) groups is 1. The van der Waals surface area contributed by atoms with Crippen LogP contribution < -0.4 is 4.74 Å². The van der Waals surface area contributed by atoms with Crippen molar-refractivity contribution in [1.29, 1.82) is 0 Å². The van der Waals surface area contributed by atoms with E-state index in [1.54, 1.807) is 12.1 Å². The fourth-order valence-corrected chi connectivity index (χ4v) is 4.94. The number of likely N-dealkylation sites (tertiary alicyclic amines) is 1. The van der Waals surface area contributed by atoms with Crippen LogP contribution in [0, 0.1) is 11.7 Å². The smallest absolute Gasteiger partial charge is 0.253 e. The van der Waals surface area contributed by atoms with Crippen LogP contribution >= 0.6 is 0 Å². The average molecular weight is 489 g/mol. The molecule has 2 aliphatic heterocycles. The molecule has 1 unspecified atom stereocenters. The number of rotatable bonds is 7. The molecule has 36 heavy (non-hydrogen) atoms. The maximum absolute atomic E-state index is 13.2. The molecule has 0 radical (unpaired) electrons. The molecule has 5 nitrogen and oxygen atoms in total. The van der Waals surface area contributed by atoms with Crippen LogP contribution in [0.4, 0.5) is 4.39 Å². The lowest BCUT2D eigenvalue weighted by Crippen LogP contribution is -2.41. The number of carbonyl (C=O) groups excluding carboxylic acids is 1. The number of benzene rings is 3. The Hall–Kier alpha value is -3.22. The summed E-state index contributed by atoms with van der Waals surface area (Å²) in [5.41, 5.74) is 3.86. The second-order valence-electron chi connectivity index (χ2n) is 9.69. The number of hydrogen-bond donors (Lipinski definition) is 0. The molecule has 0 bridgehead atoms. The molecule has 2 aliphatic rings. The van der Waals surface area contributed by atoms with E-state index in [1.807, 2.05) is 41.3 Å². The van der Waals surface area contributed by atoms with Crippen LogP contribution in [0.1, 0.15) is 28.8 Å². The molecule has 2 saturated heterocycles. The molecule has 0 saturated carbocycles. The highest BCUT2D eigenvalue weighted by Crippen LogP contribution is 2.24. The van der Waals surface area contributed by atoms with Gasteiger partial charge in [-0.05, 0) is 65.9 Å². The summed E-state index contributed by atoms with van der Waals surface area (Å²) in [6.45, 7) is 6.59. The van der Waals surface area contributed by atoms with Gasteiger partial charge in [0.25, 0.3) is 5.91 Å². The van der Waals surface area contributed by atoms with Gasteiger partial charge < -0.3 is 14.4 Å². The first kappa shape index (κ1) is 24.5. The number of halogens is 1. The maximum Gasteiger partial charge on any atom is 0.253 e. The summed E-state index contributed by atoms with van der Waals surface area (Å²) in [7, 11) is 0. The first-order valence-electron chi connectivity index (χ1n) is 12.8. The van der Waals surface area contributed by atoms with Gasteiger partial charge in [-0.25, -0.2) is 4.39 Å². The Bertz CT molecular complexity index is 1130. The van der Waals surface area contributed by atoms with Crippen molar-refractivity contribution in [3.8, 4) is 16.9 Å². The Labute approximate surface area is 212 Å². The van der Waals surface area contributed by atoms with Gasteiger partial charge in [0.15, 0.2) is 0 Å². The van der Waals surface area contributed by atoms with E-state index in [0.717, 1.165) is 69.1 Å². The first-order valence-corrected chi connectivity index (χ1v) is 12.8. The van der Waals surface area contributed by atoms with Crippen LogP contribution in [0.2, 0.25) is 0 Å². The highest BCUT2D eigenvalue weighted by molar-refractivity contribution is 5.94. The summed E-state index contributed by atoms with van der Waals surface area (Å²) in [6, 6.07) is 22.3. The van der Waals surface area contributed by atoms with Crippen molar-refractivity contribution in [2.75, 3.05) is 46.0 Å². The second-order valence-corrected chi connectivity index (χ2v) is 9.69. The molecule has 0 aliphatic carbocycles. The van der Waals surface area contributed by atoms with Crippen molar-refractivity contribution >= 4 is 5.91 Å². The molecular formula is C30H33FN2O3. The van der Waals surface area contributed by atoms with Crippen molar-refractivity contribution in [3.63, 3.8) is 0 Å². The topological polar surface area (TPSA) is 42.0 Å². The molecule has 188 valence electrons. The zero-order chi connectivity index (χ0) is 24.7. The van der Waals surface area contributed by atoms with Gasteiger partial charge in [-0.1, -0.05) is 36.4 Å². The molecule has 6 heteroatoms. The Morgan fingerprint density at radius 1 is 0.889 bits per heavy atom. The minimum absolute atomic E-state index is 0.0535. The van der Waals surface area contributed by atoms with Crippen LogP contribution in [0.15, 0.2) is 72.8 Å². The molecule has 0 N–H and O–H groups in total. The monoisotopic (exact) mass is 488 g/mol. The normalized spacial score (nSPS) is 18.7. The predicted octanol–water partition coefficient (Wildman–Crippen LogP) is 5.26. The first-order chi connectivity index (χ1) is 17.6. The summed E-state index contributed by atoms with van der Waals surface area (Å²) in [4.78, 5) is 17.5. The van der Waals surface area contributed by atoms with E-state index in [1.165, 1.54) is 17.7 Å². The van der Waals surface area contributed by atoms with E-state index in [4.69, 9.17) is 9.47 Å². The molecule has 2 heterocycles. The lowest BCUT2D eigenvalue weighted by Gasteiger charge is -2.32. The van der Waals surface area contributed by atoms with Crippen LogP contribution in [0.25, 0.3) is 11.1 Å². The van der Waals surface area contributed by atoms with E-state index < -0.39 is 0 Å². The average Bonchev–Trinajstić information content (AvgIpc) is 2.93. The second kappa shape index (κ2) is 11.7. The summed E-state index contributed by atoms with van der Waals surface area (Å²) in [5, 5.41) is 0. The summed E-state index contributed by atoms with van der Waals surface area (Å²) in [5.74, 6) is 0.988. The number of hydrogen-bond acceptors (Lipinski definition) is 4. The van der Waals surface area contributed by atoms with Gasteiger partial charge in [-0.15, -0.1) is 0 Å². The molecule has 5 rings (SSSR count). The standard InChI is InChI=1S/C30H33FN2O3/c31-28-11-9-26(10-12-28)25-5-7-27(8-6-25)30(34)33-15-1-2-24(21-33)22-36-29-13-3-23(4-14-29)20-32-16-18-35-19-17-32/h3-14,24H,1-2,15-22H2. The lowest BCUT2D eigenvalue weighted by molar-refractivity contribution is 0.0342. The number of piperidine rings is 1. The highest BCUT2D eigenvalue weighted by Gasteiger charge is 2.25. The quantitative estimate of drug-likeness (QED) is 0.455. The fraction of sp³-hybridized carbons (Fsp3) is 0.367. The lowest BCUT2D eigenvalue weighted by atomic mass is 9.97.